The Morgan fingerprint density at radius 2 is 0.667 bits per heavy atom. The Kier molecular flexibility index (Phi) is 27.8. The summed E-state index contributed by atoms with van der Waals surface area (Å²) in [4.78, 5) is 7.04. The molecule has 0 aliphatic carbocycles. The van der Waals surface area contributed by atoms with Crippen molar-refractivity contribution >= 4 is 8.69 Å². The summed E-state index contributed by atoms with van der Waals surface area (Å²) in [5, 5.41) is 0. The van der Waals surface area contributed by atoms with E-state index in [1.807, 2.05) is 0 Å². The van der Waals surface area contributed by atoms with Crippen molar-refractivity contribution in [3.05, 3.63) is 0 Å². The molecule has 0 radical (unpaired) electrons. The molecule has 0 spiro atoms. The van der Waals surface area contributed by atoms with Crippen LogP contribution >= 0.6 is 8.69 Å². The van der Waals surface area contributed by atoms with E-state index >= 15 is 0 Å². The molecule has 0 bridgehead atoms. The van der Waals surface area contributed by atoms with Gasteiger partial charge < -0.3 is 0 Å². The molecule has 128 valence electrons. The van der Waals surface area contributed by atoms with Gasteiger partial charge in [0.15, 0.2) is 0 Å². The standard InChI is InChI=1S/C18H38.HO2P/c1-3-5-7-9-11-13-15-17-18-16-14-12-10-8-6-4-2;1-3-2/h3-18H2,1-2H3;3H/p+1. The molecule has 3 heteroatoms. The van der Waals surface area contributed by atoms with Crippen LogP contribution in [0.25, 0.3) is 0 Å². The fraction of sp³-hybridized carbons (Fsp3) is 1.00. The maximum atomic E-state index is 8.51. The van der Waals surface area contributed by atoms with Gasteiger partial charge in [-0.15, -0.1) is 0 Å². The van der Waals surface area contributed by atoms with E-state index < -0.39 is 8.69 Å². The molecule has 1 atom stereocenters. The summed E-state index contributed by atoms with van der Waals surface area (Å²) in [6.07, 6.45) is 23.4. The molecule has 1 N–H and O–H groups in total. The summed E-state index contributed by atoms with van der Waals surface area (Å²) < 4.78 is 8.51. The Balaban J connectivity index is 0. The third-order valence-electron chi connectivity index (χ3n) is 3.96. The van der Waals surface area contributed by atoms with Gasteiger partial charge >= 0.3 is 8.69 Å². The lowest BCUT2D eigenvalue weighted by Crippen LogP contribution is -1.83. The fourth-order valence-electron chi connectivity index (χ4n) is 2.62. The van der Waals surface area contributed by atoms with Crippen LogP contribution < -0.4 is 0 Å². The molecule has 2 nitrogen and oxygen atoms in total. The second-order valence-electron chi connectivity index (χ2n) is 6.04. The molecule has 0 aliphatic heterocycles. The average molecular weight is 319 g/mol. The lowest BCUT2D eigenvalue weighted by atomic mass is 10.0. The third kappa shape index (κ3) is 28.8. The smallest absolute Gasteiger partial charge is 0.162 e. The maximum Gasteiger partial charge on any atom is 0.491 e. The number of hydrogen-bond acceptors (Lipinski definition) is 1. The van der Waals surface area contributed by atoms with Gasteiger partial charge in [-0.2, -0.15) is 4.89 Å². The van der Waals surface area contributed by atoms with E-state index in [9.17, 15) is 0 Å². The van der Waals surface area contributed by atoms with Gasteiger partial charge in [0.25, 0.3) is 0 Å². The minimum Gasteiger partial charge on any atom is -0.162 e. The van der Waals surface area contributed by atoms with Crippen LogP contribution in [0.4, 0.5) is 0 Å². The van der Waals surface area contributed by atoms with Crippen molar-refractivity contribution in [2.24, 2.45) is 0 Å². The maximum absolute atomic E-state index is 8.51. The van der Waals surface area contributed by atoms with Crippen LogP contribution in [0.3, 0.4) is 0 Å². The summed E-state index contributed by atoms with van der Waals surface area (Å²) in [5.41, 5.74) is 0. The normalized spacial score (nSPS) is 10.4. The zero-order valence-corrected chi connectivity index (χ0v) is 15.7. The van der Waals surface area contributed by atoms with E-state index in [0.29, 0.717) is 0 Å². The second kappa shape index (κ2) is 25.0. The van der Waals surface area contributed by atoms with Crippen LogP contribution in [0, 0.1) is 0 Å². The topological polar surface area (TPSA) is 37.3 Å². The zero-order chi connectivity index (χ0) is 16.0. The van der Waals surface area contributed by atoms with Gasteiger partial charge in [-0.05, 0) is 4.57 Å². The van der Waals surface area contributed by atoms with Crippen molar-refractivity contribution in [3.8, 4) is 0 Å². The highest BCUT2D eigenvalue weighted by Gasteiger charge is 1.93. The van der Waals surface area contributed by atoms with Crippen molar-refractivity contribution in [1.82, 2.24) is 0 Å². The molecule has 0 aliphatic rings. The first-order valence-corrected chi connectivity index (χ1v) is 10.2. The van der Waals surface area contributed by atoms with Gasteiger partial charge in [0.2, 0.25) is 0 Å². The van der Waals surface area contributed by atoms with Crippen molar-refractivity contribution < 1.29 is 9.46 Å². The van der Waals surface area contributed by atoms with Crippen molar-refractivity contribution in [3.63, 3.8) is 0 Å². The molecule has 0 saturated carbocycles. The minimum absolute atomic E-state index is 1.17. The summed E-state index contributed by atoms with van der Waals surface area (Å²) >= 11 is 0. The zero-order valence-electron chi connectivity index (χ0n) is 14.7. The molecular weight excluding hydrogens is 279 g/mol. The van der Waals surface area contributed by atoms with Crippen LogP contribution in [0.5, 0.6) is 0 Å². The van der Waals surface area contributed by atoms with Crippen LogP contribution in [0.1, 0.15) is 117 Å². The molecule has 0 aromatic heterocycles. The van der Waals surface area contributed by atoms with Gasteiger partial charge in [-0.3, -0.25) is 0 Å². The lowest BCUT2D eigenvalue weighted by molar-refractivity contribution is 0.524. The largest absolute Gasteiger partial charge is 0.491 e. The minimum atomic E-state index is -1.17. The Hall–Kier alpha value is 0.0600. The van der Waals surface area contributed by atoms with Gasteiger partial charge in [0.05, 0.1) is 0 Å². The van der Waals surface area contributed by atoms with Crippen molar-refractivity contribution in [2.45, 2.75) is 117 Å². The molecular formula is C18H40O2P+. The van der Waals surface area contributed by atoms with E-state index in [-0.39, 0.29) is 0 Å². The van der Waals surface area contributed by atoms with Crippen LogP contribution in [-0.4, -0.2) is 4.89 Å². The van der Waals surface area contributed by atoms with E-state index in [1.54, 1.807) is 0 Å². The predicted molar refractivity (Wildman–Crippen MR) is 96.4 cm³/mol. The molecule has 0 aromatic rings. The highest BCUT2D eigenvalue weighted by Crippen LogP contribution is 2.13. The molecule has 21 heavy (non-hydrogen) atoms. The summed E-state index contributed by atoms with van der Waals surface area (Å²) in [6.45, 7) is 4.59. The molecule has 0 fully saturated rings. The highest BCUT2D eigenvalue weighted by molar-refractivity contribution is 7.16. The van der Waals surface area contributed by atoms with E-state index in [1.165, 1.54) is 103 Å². The van der Waals surface area contributed by atoms with Gasteiger partial charge in [0, 0.05) is 0 Å². The van der Waals surface area contributed by atoms with E-state index in [4.69, 9.17) is 9.46 Å². The summed E-state index contributed by atoms with van der Waals surface area (Å²) in [7, 11) is -1.17. The fourth-order valence-corrected chi connectivity index (χ4v) is 2.62. The number of hydrogen-bond donors (Lipinski definition) is 1. The molecule has 0 amide bonds. The summed E-state index contributed by atoms with van der Waals surface area (Å²) in [5.74, 6) is 0. The first kappa shape index (κ1) is 23.3. The monoisotopic (exact) mass is 319 g/mol. The Morgan fingerprint density at radius 1 is 0.524 bits per heavy atom. The Morgan fingerprint density at radius 3 is 0.810 bits per heavy atom. The number of rotatable bonds is 15. The van der Waals surface area contributed by atoms with Gasteiger partial charge in [0.1, 0.15) is 0 Å². The highest BCUT2D eigenvalue weighted by atomic mass is 31.1. The first-order valence-electron chi connectivity index (χ1n) is 9.34. The van der Waals surface area contributed by atoms with Crippen LogP contribution in [0.2, 0.25) is 0 Å². The van der Waals surface area contributed by atoms with Crippen LogP contribution in [-0.2, 0) is 4.57 Å². The molecule has 0 rings (SSSR count). The van der Waals surface area contributed by atoms with Gasteiger partial charge in [-0.25, -0.2) is 0 Å². The van der Waals surface area contributed by atoms with E-state index in [2.05, 4.69) is 13.8 Å². The lowest BCUT2D eigenvalue weighted by Gasteiger charge is -2.03. The number of unbranched alkanes of at least 4 members (excludes halogenated alkanes) is 15. The SMILES string of the molecule is CCCCCCCCCCCCCCCCCC.O=[PH+]O. The average Bonchev–Trinajstić information content (AvgIpc) is 2.48. The Labute approximate surface area is 135 Å². The summed E-state index contributed by atoms with van der Waals surface area (Å²) in [6, 6.07) is 0. The first-order chi connectivity index (χ1) is 10.3. The second-order valence-corrected chi connectivity index (χ2v) is 6.22. The quantitative estimate of drug-likeness (QED) is 0.256. The van der Waals surface area contributed by atoms with Crippen molar-refractivity contribution in [1.29, 1.82) is 0 Å². The molecule has 0 aromatic carbocycles. The van der Waals surface area contributed by atoms with Gasteiger partial charge in [-0.1, -0.05) is 117 Å². The van der Waals surface area contributed by atoms with Crippen molar-refractivity contribution in [2.75, 3.05) is 0 Å². The Bertz CT molecular complexity index is 159. The molecule has 0 heterocycles. The van der Waals surface area contributed by atoms with Crippen LogP contribution in [0.15, 0.2) is 0 Å². The predicted octanol–water partition coefficient (Wildman–Crippen LogP) is 7.19. The molecule has 0 saturated heterocycles. The van der Waals surface area contributed by atoms with E-state index in [0.717, 1.165) is 0 Å². The molecule has 1 unspecified atom stereocenters. The third-order valence-corrected chi connectivity index (χ3v) is 3.96.